The van der Waals surface area contributed by atoms with Crippen molar-refractivity contribution in [3.63, 3.8) is 0 Å². The van der Waals surface area contributed by atoms with Gasteiger partial charge in [-0.25, -0.2) is 0 Å². The third-order valence-corrected chi connectivity index (χ3v) is 3.49. The summed E-state index contributed by atoms with van der Waals surface area (Å²) in [7, 11) is 3.55. The molecule has 0 bridgehead atoms. The highest BCUT2D eigenvalue weighted by atomic mass is 16.5. The average Bonchev–Trinajstić information content (AvgIpc) is 2.47. The molecular formula is C17H29N3O. The molecule has 21 heavy (non-hydrogen) atoms. The fourth-order valence-corrected chi connectivity index (χ4v) is 2.20. The van der Waals surface area contributed by atoms with Gasteiger partial charge in [-0.05, 0) is 44.2 Å². The Kier molecular flexibility index (Phi) is 8.51. The number of rotatable bonds is 8. The molecule has 0 aliphatic rings. The molecule has 0 fully saturated rings. The van der Waals surface area contributed by atoms with E-state index in [0.717, 1.165) is 38.5 Å². The molecule has 1 aromatic rings. The maximum absolute atomic E-state index is 5.04. The number of nitrogens with one attached hydrogen (secondary N) is 2. The van der Waals surface area contributed by atoms with E-state index < -0.39 is 0 Å². The summed E-state index contributed by atoms with van der Waals surface area (Å²) in [6, 6.07) is 6.54. The Labute approximate surface area is 129 Å². The van der Waals surface area contributed by atoms with Crippen LogP contribution in [0.25, 0.3) is 0 Å². The minimum Gasteiger partial charge on any atom is -0.385 e. The van der Waals surface area contributed by atoms with Crippen molar-refractivity contribution in [3.05, 3.63) is 34.9 Å². The van der Waals surface area contributed by atoms with Crippen molar-refractivity contribution >= 4 is 5.96 Å². The van der Waals surface area contributed by atoms with Crippen LogP contribution < -0.4 is 10.6 Å². The molecule has 0 amide bonds. The second-order valence-electron chi connectivity index (χ2n) is 5.34. The topological polar surface area (TPSA) is 45.7 Å². The maximum Gasteiger partial charge on any atom is 0.191 e. The molecule has 0 aliphatic heterocycles. The van der Waals surface area contributed by atoms with E-state index in [4.69, 9.17) is 4.74 Å². The maximum atomic E-state index is 5.04. The molecule has 0 aliphatic carbocycles. The molecule has 0 saturated carbocycles. The van der Waals surface area contributed by atoms with Gasteiger partial charge in [-0.3, -0.25) is 4.99 Å². The number of methoxy groups -OCH3 is 1. The van der Waals surface area contributed by atoms with E-state index >= 15 is 0 Å². The number of unbranched alkanes of at least 4 members (excludes halogenated alkanes) is 2. The standard InChI is InChI=1S/C17H29N3O/c1-14-8-9-16(15(2)12-14)13-20-17(18-3)19-10-6-5-7-11-21-4/h8-9,12H,5-7,10-11,13H2,1-4H3,(H2,18,19,20). The number of benzene rings is 1. The van der Waals surface area contributed by atoms with Crippen molar-refractivity contribution in [1.82, 2.24) is 10.6 Å². The normalized spacial score (nSPS) is 11.5. The fourth-order valence-electron chi connectivity index (χ4n) is 2.20. The Morgan fingerprint density at radius 3 is 2.62 bits per heavy atom. The predicted octanol–water partition coefficient (Wildman–Crippen LogP) is 2.79. The summed E-state index contributed by atoms with van der Waals surface area (Å²) in [6.07, 6.45) is 3.43. The lowest BCUT2D eigenvalue weighted by atomic mass is 10.1. The van der Waals surface area contributed by atoms with Gasteiger partial charge in [0, 0.05) is 33.9 Å². The summed E-state index contributed by atoms with van der Waals surface area (Å²) in [5.74, 6) is 0.863. The molecule has 0 atom stereocenters. The van der Waals surface area contributed by atoms with Gasteiger partial charge in [0.15, 0.2) is 5.96 Å². The molecule has 1 aromatic carbocycles. The van der Waals surface area contributed by atoms with Crippen molar-refractivity contribution in [1.29, 1.82) is 0 Å². The Morgan fingerprint density at radius 1 is 1.14 bits per heavy atom. The first-order valence-corrected chi connectivity index (χ1v) is 7.67. The van der Waals surface area contributed by atoms with Crippen LogP contribution in [0.3, 0.4) is 0 Å². The van der Waals surface area contributed by atoms with Crippen LogP contribution in [0.1, 0.15) is 36.0 Å². The van der Waals surface area contributed by atoms with E-state index in [1.54, 1.807) is 7.11 Å². The highest BCUT2D eigenvalue weighted by Crippen LogP contribution is 2.09. The average molecular weight is 291 g/mol. The summed E-state index contributed by atoms with van der Waals surface area (Å²) >= 11 is 0. The van der Waals surface area contributed by atoms with E-state index in [9.17, 15) is 0 Å². The molecule has 0 saturated heterocycles. The van der Waals surface area contributed by atoms with Crippen LogP contribution in [0.5, 0.6) is 0 Å². The van der Waals surface area contributed by atoms with Crippen LogP contribution in [0, 0.1) is 13.8 Å². The van der Waals surface area contributed by atoms with Gasteiger partial charge in [0.05, 0.1) is 0 Å². The number of ether oxygens (including phenoxy) is 1. The van der Waals surface area contributed by atoms with E-state index in [0.29, 0.717) is 0 Å². The third-order valence-electron chi connectivity index (χ3n) is 3.49. The largest absolute Gasteiger partial charge is 0.385 e. The van der Waals surface area contributed by atoms with Gasteiger partial charge >= 0.3 is 0 Å². The van der Waals surface area contributed by atoms with Gasteiger partial charge in [0.1, 0.15) is 0 Å². The first-order valence-electron chi connectivity index (χ1n) is 7.67. The minimum absolute atomic E-state index is 0.801. The lowest BCUT2D eigenvalue weighted by Crippen LogP contribution is -2.37. The highest BCUT2D eigenvalue weighted by molar-refractivity contribution is 5.79. The van der Waals surface area contributed by atoms with E-state index in [1.807, 2.05) is 7.05 Å². The van der Waals surface area contributed by atoms with Gasteiger partial charge in [-0.1, -0.05) is 23.8 Å². The quantitative estimate of drug-likeness (QED) is 0.440. The predicted molar refractivity (Wildman–Crippen MR) is 89.8 cm³/mol. The van der Waals surface area contributed by atoms with Gasteiger partial charge in [-0.2, -0.15) is 0 Å². The van der Waals surface area contributed by atoms with E-state index in [1.165, 1.54) is 23.1 Å². The number of aliphatic imine (C=N–C) groups is 1. The SMILES string of the molecule is CN=C(NCCCCCOC)NCc1ccc(C)cc1C. The Hall–Kier alpha value is -1.55. The first kappa shape index (κ1) is 17.5. The van der Waals surface area contributed by atoms with Crippen LogP contribution in [0.15, 0.2) is 23.2 Å². The zero-order valence-electron chi connectivity index (χ0n) is 13.8. The number of nitrogens with zero attached hydrogens (tertiary/aromatic N) is 1. The Balaban J connectivity index is 2.28. The van der Waals surface area contributed by atoms with Crippen molar-refractivity contribution in [2.75, 3.05) is 27.3 Å². The number of hydrogen-bond donors (Lipinski definition) is 2. The van der Waals surface area contributed by atoms with Gasteiger partial charge in [0.2, 0.25) is 0 Å². The molecule has 2 N–H and O–H groups in total. The van der Waals surface area contributed by atoms with Crippen molar-refractivity contribution in [3.8, 4) is 0 Å². The molecule has 0 unspecified atom stereocenters. The zero-order chi connectivity index (χ0) is 15.5. The van der Waals surface area contributed by atoms with Crippen molar-refractivity contribution < 1.29 is 4.74 Å². The van der Waals surface area contributed by atoms with E-state index in [-0.39, 0.29) is 0 Å². The van der Waals surface area contributed by atoms with Crippen LogP contribution in [-0.2, 0) is 11.3 Å². The second kappa shape index (κ2) is 10.2. The smallest absolute Gasteiger partial charge is 0.191 e. The summed E-state index contributed by atoms with van der Waals surface area (Å²) < 4.78 is 5.04. The summed E-state index contributed by atoms with van der Waals surface area (Å²) in [6.45, 7) is 6.86. The lowest BCUT2D eigenvalue weighted by Gasteiger charge is -2.13. The number of guanidine groups is 1. The number of hydrogen-bond acceptors (Lipinski definition) is 2. The van der Waals surface area contributed by atoms with Crippen molar-refractivity contribution in [2.24, 2.45) is 4.99 Å². The molecule has 1 rings (SSSR count). The molecule has 0 aromatic heterocycles. The number of aryl methyl sites for hydroxylation is 2. The third kappa shape index (κ3) is 7.14. The molecule has 0 heterocycles. The van der Waals surface area contributed by atoms with Gasteiger partial charge in [-0.15, -0.1) is 0 Å². The van der Waals surface area contributed by atoms with Gasteiger partial charge < -0.3 is 15.4 Å². The second-order valence-corrected chi connectivity index (χ2v) is 5.34. The molecule has 0 spiro atoms. The monoisotopic (exact) mass is 291 g/mol. The van der Waals surface area contributed by atoms with Crippen LogP contribution in [0.2, 0.25) is 0 Å². The van der Waals surface area contributed by atoms with Gasteiger partial charge in [0.25, 0.3) is 0 Å². The summed E-state index contributed by atoms with van der Waals surface area (Å²) in [5.41, 5.74) is 3.93. The van der Waals surface area contributed by atoms with E-state index in [2.05, 4.69) is 47.7 Å². The molecule has 4 nitrogen and oxygen atoms in total. The minimum atomic E-state index is 0.801. The lowest BCUT2D eigenvalue weighted by molar-refractivity contribution is 0.192. The Bertz CT molecular complexity index is 444. The van der Waals surface area contributed by atoms with Crippen molar-refractivity contribution in [2.45, 2.75) is 39.7 Å². The fraction of sp³-hybridized carbons (Fsp3) is 0.588. The summed E-state index contributed by atoms with van der Waals surface area (Å²) in [4.78, 5) is 4.25. The first-order chi connectivity index (χ1) is 10.2. The zero-order valence-corrected chi connectivity index (χ0v) is 13.8. The molecule has 118 valence electrons. The molecular weight excluding hydrogens is 262 g/mol. The van der Waals surface area contributed by atoms with Crippen LogP contribution >= 0.6 is 0 Å². The van der Waals surface area contributed by atoms with Crippen LogP contribution in [0.4, 0.5) is 0 Å². The Morgan fingerprint density at radius 2 is 1.95 bits per heavy atom. The molecule has 0 radical (unpaired) electrons. The highest BCUT2D eigenvalue weighted by Gasteiger charge is 2.01. The molecule has 4 heteroatoms. The summed E-state index contributed by atoms with van der Waals surface area (Å²) in [5, 5.41) is 6.71. The van der Waals surface area contributed by atoms with Crippen LogP contribution in [-0.4, -0.2) is 33.3 Å².